The van der Waals surface area contributed by atoms with Gasteiger partial charge in [-0.3, -0.25) is 5.32 Å². The van der Waals surface area contributed by atoms with Crippen molar-refractivity contribution in [1.82, 2.24) is 10.3 Å². The molecule has 1 saturated carbocycles. The topological polar surface area (TPSA) is 91.3 Å². The predicted molar refractivity (Wildman–Crippen MR) is 72.5 cm³/mol. The number of rotatable bonds is 5. The van der Waals surface area contributed by atoms with Crippen LogP contribution in [0.5, 0.6) is 0 Å². The number of anilines is 1. The number of aromatic nitrogens is 1. The normalized spacial score (nSPS) is 16.2. The van der Waals surface area contributed by atoms with E-state index in [4.69, 9.17) is 5.11 Å². The van der Waals surface area contributed by atoms with Crippen molar-refractivity contribution in [2.45, 2.75) is 38.6 Å². The van der Waals surface area contributed by atoms with E-state index < -0.39 is 18.0 Å². The summed E-state index contributed by atoms with van der Waals surface area (Å²) in [5.74, 6) is -0.626. The number of nitrogens with one attached hydrogen (secondary N) is 2. The molecular formula is C12H17N3O3S. The van der Waals surface area contributed by atoms with Crippen molar-refractivity contribution < 1.29 is 14.7 Å². The Bertz CT molecular complexity index is 482. The molecule has 1 fully saturated rings. The van der Waals surface area contributed by atoms with Crippen LogP contribution >= 0.6 is 11.3 Å². The van der Waals surface area contributed by atoms with Crippen LogP contribution in [-0.4, -0.2) is 28.1 Å². The quantitative estimate of drug-likeness (QED) is 0.773. The Morgan fingerprint density at radius 2 is 2.16 bits per heavy atom. The van der Waals surface area contributed by atoms with Crippen LogP contribution in [0.2, 0.25) is 0 Å². The lowest BCUT2D eigenvalue weighted by Gasteiger charge is -2.13. The molecule has 1 aromatic heterocycles. The molecule has 2 amide bonds. The number of thiazole rings is 1. The highest BCUT2D eigenvalue weighted by atomic mass is 32.1. The van der Waals surface area contributed by atoms with Crippen molar-refractivity contribution in [1.29, 1.82) is 0 Å². The maximum Gasteiger partial charge on any atom is 0.326 e. The van der Waals surface area contributed by atoms with Gasteiger partial charge in [-0.25, -0.2) is 14.6 Å². The zero-order chi connectivity index (χ0) is 14.0. The van der Waals surface area contributed by atoms with Gasteiger partial charge in [0, 0.05) is 5.38 Å². The van der Waals surface area contributed by atoms with Crippen molar-refractivity contribution >= 4 is 28.5 Å². The van der Waals surface area contributed by atoms with Crippen LogP contribution in [0.4, 0.5) is 9.93 Å². The molecule has 104 valence electrons. The number of urea groups is 1. The van der Waals surface area contributed by atoms with Gasteiger partial charge in [-0.05, 0) is 24.7 Å². The summed E-state index contributed by atoms with van der Waals surface area (Å²) in [4.78, 5) is 27.0. The molecule has 1 aliphatic rings. The summed E-state index contributed by atoms with van der Waals surface area (Å²) in [6.07, 6.45) is 1.71. The van der Waals surface area contributed by atoms with Crippen LogP contribution in [0.15, 0.2) is 5.38 Å². The van der Waals surface area contributed by atoms with E-state index >= 15 is 0 Å². The number of carboxylic acid groups (broad SMARTS) is 1. The summed E-state index contributed by atoms with van der Waals surface area (Å²) in [5, 5.41) is 16.5. The summed E-state index contributed by atoms with van der Waals surface area (Å²) in [5.41, 5.74) is 0.914. The summed E-state index contributed by atoms with van der Waals surface area (Å²) in [7, 11) is 0. The van der Waals surface area contributed by atoms with Gasteiger partial charge >= 0.3 is 12.0 Å². The van der Waals surface area contributed by atoms with Gasteiger partial charge in [-0.1, -0.05) is 13.8 Å². The Kier molecular flexibility index (Phi) is 4.04. The number of carbonyl (C=O) groups is 2. The number of hydrogen-bond donors (Lipinski definition) is 3. The molecule has 2 rings (SSSR count). The average Bonchev–Trinajstić information content (AvgIpc) is 3.05. The Morgan fingerprint density at radius 1 is 1.47 bits per heavy atom. The molecule has 0 aliphatic heterocycles. The molecule has 1 heterocycles. The zero-order valence-electron chi connectivity index (χ0n) is 10.8. The standard InChI is InChI=1S/C12H17N3O3S/c1-6(2)8-5-19-12(13-8)15-11(18)14-9(10(16)17)7-3-4-7/h5-7,9H,3-4H2,1-2H3,(H,16,17)(H2,13,14,15,18). The minimum Gasteiger partial charge on any atom is -0.480 e. The summed E-state index contributed by atoms with van der Waals surface area (Å²) >= 11 is 1.34. The fourth-order valence-electron chi connectivity index (χ4n) is 1.69. The van der Waals surface area contributed by atoms with Gasteiger partial charge in [0.15, 0.2) is 5.13 Å². The van der Waals surface area contributed by atoms with Gasteiger partial charge in [-0.15, -0.1) is 11.3 Å². The fraction of sp³-hybridized carbons (Fsp3) is 0.583. The van der Waals surface area contributed by atoms with E-state index in [1.54, 1.807) is 0 Å². The van der Waals surface area contributed by atoms with E-state index in [0.29, 0.717) is 11.0 Å². The third kappa shape index (κ3) is 3.66. The summed E-state index contributed by atoms with van der Waals surface area (Å²) < 4.78 is 0. The Labute approximate surface area is 115 Å². The molecule has 3 N–H and O–H groups in total. The molecule has 19 heavy (non-hydrogen) atoms. The van der Waals surface area contributed by atoms with E-state index in [1.165, 1.54) is 11.3 Å². The van der Waals surface area contributed by atoms with Gasteiger partial charge in [-0.2, -0.15) is 0 Å². The first-order valence-corrected chi connectivity index (χ1v) is 7.11. The van der Waals surface area contributed by atoms with Crippen LogP contribution in [0.1, 0.15) is 38.3 Å². The average molecular weight is 283 g/mol. The maximum atomic E-state index is 11.7. The first-order chi connectivity index (χ1) is 8.97. The SMILES string of the molecule is CC(C)c1csc(NC(=O)NC(C(=O)O)C2CC2)n1. The molecule has 1 unspecified atom stereocenters. The number of hydrogen-bond acceptors (Lipinski definition) is 4. The van der Waals surface area contributed by atoms with Gasteiger partial charge in [0.25, 0.3) is 0 Å². The largest absolute Gasteiger partial charge is 0.480 e. The lowest BCUT2D eigenvalue weighted by molar-refractivity contribution is -0.139. The molecule has 7 heteroatoms. The van der Waals surface area contributed by atoms with E-state index in [9.17, 15) is 9.59 Å². The van der Waals surface area contributed by atoms with E-state index in [0.717, 1.165) is 18.5 Å². The van der Waals surface area contributed by atoms with Crippen LogP contribution in [0, 0.1) is 5.92 Å². The minimum atomic E-state index is -0.986. The number of amides is 2. The van der Waals surface area contributed by atoms with Crippen LogP contribution in [0.25, 0.3) is 0 Å². The zero-order valence-corrected chi connectivity index (χ0v) is 11.7. The van der Waals surface area contributed by atoms with Crippen LogP contribution in [0.3, 0.4) is 0 Å². The highest BCUT2D eigenvalue weighted by molar-refractivity contribution is 7.13. The maximum absolute atomic E-state index is 11.7. The highest BCUT2D eigenvalue weighted by Gasteiger charge is 2.37. The number of carboxylic acids is 1. The second-order valence-corrected chi connectivity index (χ2v) is 5.84. The minimum absolute atomic E-state index is 0.0609. The Hall–Kier alpha value is -1.63. The molecular weight excluding hydrogens is 266 g/mol. The van der Waals surface area contributed by atoms with Crippen molar-refractivity contribution in [2.24, 2.45) is 5.92 Å². The second kappa shape index (κ2) is 5.56. The predicted octanol–water partition coefficient (Wildman–Crippen LogP) is 2.25. The van der Waals surface area contributed by atoms with E-state index in [2.05, 4.69) is 15.6 Å². The van der Waals surface area contributed by atoms with Crippen molar-refractivity contribution in [3.63, 3.8) is 0 Å². The van der Waals surface area contributed by atoms with Gasteiger partial charge in [0.1, 0.15) is 6.04 Å². The van der Waals surface area contributed by atoms with Crippen LogP contribution in [-0.2, 0) is 4.79 Å². The molecule has 0 aromatic carbocycles. The second-order valence-electron chi connectivity index (χ2n) is 4.98. The van der Waals surface area contributed by atoms with E-state index in [1.807, 2.05) is 19.2 Å². The highest BCUT2D eigenvalue weighted by Crippen LogP contribution is 2.32. The molecule has 1 aliphatic carbocycles. The third-order valence-corrected chi connectivity index (χ3v) is 3.76. The smallest absolute Gasteiger partial charge is 0.326 e. The van der Waals surface area contributed by atoms with Crippen molar-refractivity contribution in [2.75, 3.05) is 5.32 Å². The number of nitrogens with zero attached hydrogens (tertiary/aromatic N) is 1. The number of carbonyl (C=O) groups excluding carboxylic acids is 1. The van der Waals surface area contributed by atoms with Crippen molar-refractivity contribution in [3.05, 3.63) is 11.1 Å². The molecule has 0 bridgehead atoms. The molecule has 1 atom stereocenters. The third-order valence-electron chi connectivity index (χ3n) is 2.98. The lowest BCUT2D eigenvalue weighted by Crippen LogP contribution is -2.44. The first-order valence-electron chi connectivity index (χ1n) is 6.23. The fourth-order valence-corrected chi connectivity index (χ4v) is 2.56. The Morgan fingerprint density at radius 3 is 2.63 bits per heavy atom. The monoisotopic (exact) mass is 283 g/mol. The molecule has 0 saturated heterocycles. The summed E-state index contributed by atoms with van der Waals surface area (Å²) in [6.45, 7) is 4.04. The lowest BCUT2D eigenvalue weighted by atomic mass is 10.2. The molecule has 0 spiro atoms. The van der Waals surface area contributed by atoms with Gasteiger partial charge in [0.05, 0.1) is 5.69 Å². The molecule has 6 nitrogen and oxygen atoms in total. The Balaban J connectivity index is 1.90. The van der Waals surface area contributed by atoms with E-state index in [-0.39, 0.29) is 5.92 Å². The molecule has 0 radical (unpaired) electrons. The van der Waals surface area contributed by atoms with Gasteiger partial charge < -0.3 is 10.4 Å². The number of aliphatic carboxylic acids is 1. The molecule has 1 aromatic rings. The van der Waals surface area contributed by atoms with Crippen LogP contribution < -0.4 is 10.6 Å². The van der Waals surface area contributed by atoms with Crippen molar-refractivity contribution in [3.8, 4) is 0 Å². The summed E-state index contributed by atoms with van der Waals surface area (Å²) in [6, 6.07) is -1.31. The van der Waals surface area contributed by atoms with Gasteiger partial charge in [0.2, 0.25) is 0 Å². The first kappa shape index (κ1) is 13.8.